The molecular weight excluding hydrogens is 386 g/mol. The first kappa shape index (κ1) is 22.5. The fourth-order valence-electron chi connectivity index (χ4n) is 4.69. The third-order valence-corrected chi connectivity index (χ3v) is 6.95. The molecule has 0 aromatic carbocycles. The smallest absolute Gasteiger partial charge is 0.325 e. The molecule has 1 atom stereocenters. The van der Waals surface area contributed by atoms with Crippen molar-refractivity contribution in [2.24, 2.45) is 0 Å². The van der Waals surface area contributed by atoms with Gasteiger partial charge in [-0.2, -0.15) is 0 Å². The second kappa shape index (κ2) is 9.32. The van der Waals surface area contributed by atoms with E-state index in [1.54, 1.807) is 4.90 Å². The predicted octanol–water partition coefficient (Wildman–Crippen LogP) is 0.642. The van der Waals surface area contributed by atoms with E-state index >= 15 is 0 Å². The lowest BCUT2D eigenvalue weighted by molar-refractivity contribution is -0.141. The number of carbonyl (C=O) groups is 4. The van der Waals surface area contributed by atoms with E-state index in [1.807, 2.05) is 18.7 Å². The minimum absolute atomic E-state index is 0.164. The van der Waals surface area contributed by atoms with Crippen LogP contribution in [-0.2, 0) is 14.4 Å². The highest BCUT2D eigenvalue weighted by molar-refractivity contribution is 6.09. The maximum atomic E-state index is 12.7. The van der Waals surface area contributed by atoms with E-state index in [2.05, 4.69) is 17.1 Å². The average molecular weight is 422 g/mol. The molecule has 3 heterocycles. The van der Waals surface area contributed by atoms with Crippen molar-refractivity contribution in [2.75, 3.05) is 45.8 Å². The SMILES string of the molecule is CCC1(CC)NC(=O)N(CC(=O)N2CCN(CC(=O)N3CCCCC3C)CC2)C1=O. The Morgan fingerprint density at radius 1 is 0.967 bits per heavy atom. The third-order valence-electron chi connectivity index (χ3n) is 6.95. The molecule has 3 fully saturated rings. The molecule has 0 bridgehead atoms. The number of urea groups is 1. The number of nitrogens with zero attached hydrogens (tertiary/aromatic N) is 4. The number of carbonyl (C=O) groups excluding carboxylic acids is 4. The molecule has 0 aliphatic carbocycles. The minimum atomic E-state index is -0.887. The molecule has 9 heteroatoms. The number of piperazine rings is 1. The number of amides is 5. The Morgan fingerprint density at radius 2 is 1.63 bits per heavy atom. The lowest BCUT2D eigenvalue weighted by Gasteiger charge is -2.38. The first-order valence-corrected chi connectivity index (χ1v) is 11.2. The maximum Gasteiger partial charge on any atom is 0.325 e. The highest BCUT2D eigenvalue weighted by atomic mass is 16.2. The summed E-state index contributed by atoms with van der Waals surface area (Å²) in [7, 11) is 0. The van der Waals surface area contributed by atoms with E-state index in [1.165, 1.54) is 6.42 Å². The summed E-state index contributed by atoms with van der Waals surface area (Å²) >= 11 is 0. The molecule has 0 spiro atoms. The standard InChI is InChI=1S/C21H35N5O4/c1-4-21(5-2)19(29)26(20(30)22-21)15-17(27)24-12-10-23(11-13-24)14-18(28)25-9-7-6-8-16(25)3/h16H,4-15H2,1-3H3,(H,22,30). The highest BCUT2D eigenvalue weighted by Crippen LogP contribution is 2.25. The third kappa shape index (κ3) is 4.45. The number of hydrogen-bond acceptors (Lipinski definition) is 5. The summed E-state index contributed by atoms with van der Waals surface area (Å²) in [5.41, 5.74) is -0.887. The maximum absolute atomic E-state index is 12.7. The van der Waals surface area contributed by atoms with Crippen molar-refractivity contribution in [1.82, 2.24) is 24.9 Å². The van der Waals surface area contributed by atoms with Crippen molar-refractivity contribution in [1.29, 1.82) is 0 Å². The van der Waals surface area contributed by atoms with Crippen LogP contribution in [-0.4, -0.2) is 101 Å². The second-order valence-electron chi connectivity index (χ2n) is 8.70. The molecule has 0 aromatic rings. The van der Waals surface area contributed by atoms with Crippen LogP contribution in [0.15, 0.2) is 0 Å². The molecule has 1 unspecified atom stereocenters. The van der Waals surface area contributed by atoms with E-state index in [-0.39, 0.29) is 24.3 Å². The highest BCUT2D eigenvalue weighted by Gasteiger charge is 2.49. The first-order chi connectivity index (χ1) is 14.3. The number of piperidine rings is 1. The van der Waals surface area contributed by atoms with Crippen LogP contribution in [0.2, 0.25) is 0 Å². The Morgan fingerprint density at radius 3 is 2.20 bits per heavy atom. The lowest BCUT2D eigenvalue weighted by atomic mass is 9.93. The van der Waals surface area contributed by atoms with E-state index < -0.39 is 11.6 Å². The summed E-state index contributed by atoms with van der Waals surface area (Å²) in [6.07, 6.45) is 4.32. The molecule has 5 amide bonds. The molecular formula is C21H35N5O4. The van der Waals surface area contributed by atoms with Gasteiger partial charge < -0.3 is 15.1 Å². The van der Waals surface area contributed by atoms with Crippen molar-refractivity contribution in [3.05, 3.63) is 0 Å². The van der Waals surface area contributed by atoms with Gasteiger partial charge in [0.2, 0.25) is 11.8 Å². The fraction of sp³-hybridized carbons (Fsp3) is 0.810. The monoisotopic (exact) mass is 421 g/mol. The van der Waals surface area contributed by atoms with Crippen molar-refractivity contribution in [2.45, 2.75) is 64.5 Å². The molecule has 0 radical (unpaired) electrons. The van der Waals surface area contributed by atoms with Crippen molar-refractivity contribution in [3.8, 4) is 0 Å². The normalized spacial score (nSPS) is 24.9. The van der Waals surface area contributed by atoms with Gasteiger partial charge in [0, 0.05) is 38.8 Å². The molecule has 3 aliphatic rings. The molecule has 9 nitrogen and oxygen atoms in total. The zero-order valence-corrected chi connectivity index (χ0v) is 18.5. The largest absolute Gasteiger partial charge is 0.339 e. The van der Waals surface area contributed by atoms with Crippen LogP contribution >= 0.6 is 0 Å². The molecule has 3 saturated heterocycles. The van der Waals surface area contributed by atoms with E-state index in [9.17, 15) is 19.2 Å². The van der Waals surface area contributed by atoms with Crippen molar-refractivity contribution in [3.63, 3.8) is 0 Å². The number of rotatable bonds is 6. The minimum Gasteiger partial charge on any atom is -0.339 e. The summed E-state index contributed by atoms with van der Waals surface area (Å²) in [4.78, 5) is 57.1. The molecule has 3 aliphatic heterocycles. The van der Waals surface area contributed by atoms with Crippen LogP contribution in [0.1, 0.15) is 52.9 Å². The van der Waals surface area contributed by atoms with E-state index in [0.717, 1.165) is 24.3 Å². The molecule has 168 valence electrons. The number of imide groups is 1. The Balaban J connectivity index is 1.48. The zero-order chi connectivity index (χ0) is 21.9. The van der Waals surface area contributed by atoms with Crippen LogP contribution in [0, 0.1) is 0 Å². The summed E-state index contributed by atoms with van der Waals surface area (Å²) in [5.74, 6) is -0.375. The Bertz CT molecular complexity index is 685. The van der Waals surface area contributed by atoms with Crippen molar-refractivity contribution < 1.29 is 19.2 Å². The average Bonchev–Trinajstić information content (AvgIpc) is 2.99. The number of likely N-dealkylation sites (tertiary alicyclic amines) is 1. The summed E-state index contributed by atoms with van der Waals surface area (Å²) in [6, 6.07) is -0.187. The Hall–Kier alpha value is -2.16. The van der Waals surface area contributed by atoms with E-state index in [0.29, 0.717) is 51.6 Å². The fourth-order valence-corrected chi connectivity index (χ4v) is 4.69. The van der Waals surface area contributed by atoms with Gasteiger partial charge in [-0.3, -0.25) is 24.2 Å². The quantitative estimate of drug-likeness (QED) is 0.636. The van der Waals surface area contributed by atoms with Crippen molar-refractivity contribution >= 4 is 23.8 Å². The first-order valence-electron chi connectivity index (χ1n) is 11.2. The van der Waals surface area contributed by atoms with Gasteiger partial charge in [0.25, 0.3) is 5.91 Å². The number of hydrogen-bond donors (Lipinski definition) is 1. The summed E-state index contributed by atoms with van der Waals surface area (Å²) < 4.78 is 0. The lowest BCUT2D eigenvalue weighted by Crippen LogP contribution is -2.54. The molecule has 0 saturated carbocycles. The zero-order valence-electron chi connectivity index (χ0n) is 18.5. The van der Waals surface area contributed by atoms with Gasteiger partial charge in [-0.15, -0.1) is 0 Å². The molecule has 1 N–H and O–H groups in total. The molecule has 30 heavy (non-hydrogen) atoms. The van der Waals surface area contributed by atoms with Crippen LogP contribution in [0.25, 0.3) is 0 Å². The van der Waals surface area contributed by atoms with Crippen LogP contribution in [0.3, 0.4) is 0 Å². The Kier molecular flexibility index (Phi) is 7.00. The van der Waals surface area contributed by atoms with Gasteiger partial charge in [-0.1, -0.05) is 13.8 Å². The van der Waals surface area contributed by atoms with Gasteiger partial charge in [-0.05, 0) is 39.0 Å². The van der Waals surface area contributed by atoms with Gasteiger partial charge in [0.05, 0.1) is 6.54 Å². The van der Waals surface area contributed by atoms with Gasteiger partial charge in [-0.25, -0.2) is 4.79 Å². The van der Waals surface area contributed by atoms with Gasteiger partial charge in [0.1, 0.15) is 12.1 Å². The van der Waals surface area contributed by atoms with Gasteiger partial charge in [0.15, 0.2) is 0 Å². The predicted molar refractivity (Wildman–Crippen MR) is 112 cm³/mol. The second-order valence-corrected chi connectivity index (χ2v) is 8.70. The van der Waals surface area contributed by atoms with Crippen LogP contribution in [0.4, 0.5) is 4.79 Å². The van der Waals surface area contributed by atoms with Gasteiger partial charge >= 0.3 is 6.03 Å². The van der Waals surface area contributed by atoms with Crippen LogP contribution in [0.5, 0.6) is 0 Å². The number of nitrogens with one attached hydrogen (secondary N) is 1. The molecule has 3 rings (SSSR count). The van der Waals surface area contributed by atoms with Crippen LogP contribution < -0.4 is 5.32 Å². The van der Waals surface area contributed by atoms with E-state index in [4.69, 9.17) is 0 Å². The summed E-state index contributed by atoms with van der Waals surface area (Å²) in [6.45, 7) is 9.05. The molecule has 0 aromatic heterocycles. The topological polar surface area (TPSA) is 93.3 Å². The Labute approximate surface area is 178 Å². The summed E-state index contributed by atoms with van der Waals surface area (Å²) in [5, 5.41) is 2.75.